The number of nitro groups is 2. The summed E-state index contributed by atoms with van der Waals surface area (Å²) in [5.41, 5.74) is 5.85. The Balaban J connectivity index is 2.14. The molecule has 11 nitrogen and oxygen atoms in total. The average molecular weight is 261 g/mol. The number of hydrazine groups is 3. The molecule has 102 valence electrons. The van der Waals surface area contributed by atoms with Crippen LogP contribution in [0.3, 0.4) is 0 Å². The van der Waals surface area contributed by atoms with Crippen molar-refractivity contribution in [1.29, 1.82) is 0 Å². The smallest absolute Gasteiger partial charge is 0.161 e. The molecule has 3 unspecified atom stereocenters. The molecule has 0 aliphatic carbocycles. The molecule has 3 atom stereocenters. The van der Waals surface area contributed by atoms with Crippen molar-refractivity contribution >= 4 is 0 Å². The molecule has 0 radical (unpaired) electrons. The van der Waals surface area contributed by atoms with Crippen LogP contribution in [0.25, 0.3) is 0 Å². The van der Waals surface area contributed by atoms with Gasteiger partial charge in [-0.3, -0.25) is 5.84 Å². The highest BCUT2D eigenvalue weighted by atomic mass is 16.7. The van der Waals surface area contributed by atoms with Crippen molar-refractivity contribution in [2.45, 2.75) is 24.5 Å². The first-order valence-electron chi connectivity index (χ1n) is 5.49. The molecule has 0 saturated carbocycles. The van der Waals surface area contributed by atoms with Crippen molar-refractivity contribution in [2.24, 2.45) is 11.6 Å². The van der Waals surface area contributed by atoms with E-state index in [1.807, 2.05) is 0 Å². The minimum atomic E-state index is -0.602. The molecule has 0 aromatic carbocycles. The van der Waals surface area contributed by atoms with Gasteiger partial charge in [0.2, 0.25) is 0 Å². The summed E-state index contributed by atoms with van der Waals surface area (Å²) in [4.78, 5) is 21.6. The van der Waals surface area contributed by atoms with Gasteiger partial charge in [0, 0.05) is 6.04 Å². The first kappa shape index (κ1) is 12.7. The van der Waals surface area contributed by atoms with Gasteiger partial charge in [0.25, 0.3) is 0 Å². The fraction of sp³-hybridized carbons (Fsp3) is 1.00. The molecule has 2 aliphatic heterocycles. The highest BCUT2D eigenvalue weighted by Crippen LogP contribution is 2.25. The van der Waals surface area contributed by atoms with Crippen molar-refractivity contribution in [3.05, 3.63) is 20.2 Å². The molecule has 0 aromatic heterocycles. The molecule has 0 bridgehead atoms. The molecule has 0 amide bonds. The van der Waals surface area contributed by atoms with E-state index in [1.54, 1.807) is 0 Å². The van der Waals surface area contributed by atoms with Crippen molar-refractivity contribution in [3.8, 4) is 0 Å². The molecular formula is C7H15N7O4. The topological polar surface area (TPSA) is 148 Å². The van der Waals surface area contributed by atoms with E-state index in [-0.39, 0.29) is 19.8 Å². The Morgan fingerprint density at radius 2 is 1.89 bits per heavy atom. The summed E-state index contributed by atoms with van der Waals surface area (Å²) in [6.45, 7) is 0.209. The van der Waals surface area contributed by atoms with Gasteiger partial charge in [-0.15, -0.1) is 10.0 Å². The molecule has 0 spiro atoms. The second-order valence-corrected chi connectivity index (χ2v) is 4.49. The van der Waals surface area contributed by atoms with E-state index in [1.165, 1.54) is 5.01 Å². The first-order valence-corrected chi connectivity index (χ1v) is 5.49. The Bertz CT molecular complexity index is 366. The lowest BCUT2D eigenvalue weighted by molar-refractivity contribution is -0.662. The van der Waals surface area contributed by atoms with Crippen LogP contribution in [-0.4, -0.2) is 63.0 Å². The molecule has 2 saturated heterocycles. The number of nitrogens with zero attached hydrogens (tertiary/aromatic N) is 5. The van der Waals surface area contributed by atoms with Crippen LogP contribution < -0.4 is 11.6 Å². The second-order valence-electron chi connectivity index (χ2n) is 4.49. The summed E-state index contributed by atoms with van der Waals surface area (Å²) < 4.78 is 0. The molecule has 11 heteroatoms. The Labute approximate surface area is 102 Å². The van der Waals surface area contributed by atoms with Gasteiger partial charge in [-0.25, -0.2) is 25.2 Å². The molecule has 2 rings (SSSR count). The molecule has 2 fully saturated rings. The number of hydrogen-bond donors (Lipinski definition) is 2. The number of rotatable bonds is 3. The predicted molar refractivity (Wildman–Crippen MR) is 58.5 cm³/mol. The van der Waals surface area contributed by atoms with E-state index in [9.17, 15) is 20.2 Å². The van der Waals surface area contributed by atoms with E-state index in [4.69, 9.17) is 11.6 Å². The fourth-order valence-electron chi connectivity index (χ4n) is 2.59. The van der Waals surface area contributed by atoms with Crippen molar-refractivity contribution in [2.75, 3.05) is 19.8 Å². The van der Waals surface area contributed by atoms with E-state index in [2.05, 4.69) is 0 Å². The second kappa shape index (κ2) is 4.51. The third-order valence-electron chi connectivity index (χ3n) is 3.46. The van der Waals surface area contributed by atoms with Gasteiger partial charge in [-0.2, -0.15) is 0 Å². The molecular weight excluding hydrogens is 246 g/mol. The summed E-state index contributed by atoms with van der Waals surface area (Å²) in [6.07, 6.45) is 0.481. The van der Waals surface area contributed by atoms with Gasteiger partial charge in [-0.05, 0) is 6.42 Å². The van der Waals surface area contributed by atoms with Crippen molar-refractivity contribution < 1.29 is 10.1 Å². The fourth-order valence-corrected chi connectivity index (χ4v) is 2.59. The maximum Gasteiger partial charge on any atom is 0.161 e. The zero-order valence-electron chi connectivity index (χ0n) is 9.58. The molecule has 18 heavy (non-hydrogen) atoms. The maximum atomic E-state index is 10.9. The zero-order valence-corrected chi connectivity index (χ0v) is 9.58. The normalized spacial score (nSPS) is 33.1. The molecule has 0 aromatic rings. The minimum Gasteiger partial charge on any atom is -0.326 e. The quantitative estimate of drug-likeness (QED) is 0.322. The standard InChI is InChI=1S/C7H15N7O4/c8-5-1-2-12(14(17)18)7(5)6-3-10(13(15)16)4-11(6)9/h5-7H,1-4,8-9H2. The van der Waals surface area contributed by atoms with Crippen LogP contribution in [0.1, 0.15) is 6.42 Å². The van der Waals surface area contributed by atoms with Crippen LogP contribution in [0.5, 0.6) is 0 Å². The lowest BCUT2D eigenvalue weighted by atomic mass is 10.0. The van der Waals surface area contributed by atoms with Gasteiger partial charge in [0.15, 0.2) is 10.1 Å². The maximum absolute atomic E-state index is 10.9. The lowest BCUT2D eigenvalue weighted by Gasteiger charge is -2.28. The molecule has 4 N–H and O–H groups in total. The summed E-state index contributed by atoms with van der Waals surface area (Å²) in [5, 5.41) is 23.7. The minimum absolute atomic E-state index is 0.0339. The van der Waals surface area contributed by atoms with Crippen LogP contribution >= 0.6 is 0 Å². The lowest BCUT2D eigenvalue weighted by Crippen LogP contribution is -2.57. The zero-order chi connectivity index (χ0) is 13.4. The number of hydrogen-bond acceptors (Lipinski definition) is 7. The van der Waals surface area contributed by atoms with E-state index in [0.29, 0.717) is 6.42 Å². The van der Waals surface area contributed by atoms with Crippen LogP contribution in [0.2, 0.25) is 0 Å². The van der Waals surface area contributed by atoms with Gasteiger partial charge in [0.05, 0.1) is 19.1 Å². The van der Waals surface area contributed by atoms with Crippen molar-refractivity contribution in [1.82, 2.24) is 15.0 Å². The van der Waals surface area contributed by atoms with Crippen LogP contribution in [0.15, 0.2) is 0 Å². The number of nitrogens with two attached hydrogens (primary N) is 2. The summed E-state index contributed by atoms with van der Waals surface area (Å²) >= 11 is 0. The summed E-state index contributed by atoms with van der Waals surface area (Å²) in [6, 6.07) is -1.52. The van der Waals surface area contributed by atoms with Gasteiger partial charge >= 0.3 is 0 Å². The van der Waals surface area contributed by atoms with Crippen LogP contribution in [0, 0.1) is 20.2 Å². The van der Waals surface area contributed by atoms with Gasteiger partial charge in [-0.1, -0.05) is 0 Å². The Morgan fingerprint density at radius 3 is 2.39 bits per heavy atom. The molecule has 2 aliphatic rings. The third-order valence-corrected chi connectivity index (χ3v) is 3.46. The Morgan fingerprint density at radius 1 is 1.22 bits per heavy atom. The van der Waals surface area contributed by atoms with E-state index >= 15 is 0 Å². The van der Waals surface area contributed by atoms with Crippen LogP contribution in [0.4, 0.5) is 0 Å². The highest BCUT2D eigenvalue weighted by molar-refractivity contribution is 4.97. The Kier molecular flexibility index (Phi) is 3.19. The highest BCUT2D eigenvalue weighted by Gasteiger charge is 2.50. The van der Waals surface area contributed by atoms with Gasteiger partial charge < -0.3 is 5.73 Å². The third kappa shape index (κ3) is 2.02. The Hall–Kier alpha value is -1.72. The monoisotopic (exact) mass is 261 g/mol. The SMILES string of the molecule is NC1CCN([N+](=O)[O-])C1C1CN([N+](=O)[O-])CN1N. The van der Waals surface area contributed by atoms with E-state index < -0.39 is 28.2 Å². The van der Waals surface area contributed by atoms with Crippen LogP contribution in [-0.2, 0) is 0 Å². The average Bonchev–Trinajstić information content (AvgIpc) is 2.81. The molecule has 2 heterocycles. The summed E-state index contributed by atoms with van der Waals surface area (Å²) in [5.74, 6) is 5.69. The van der Waals surface area contributed by atoms with Gasteiger partial charge in [0.1, 0.15) is 12.7 Å². The largest absolute Gasteiger partial charge is 0.326 e. The van der Waals surface area contributed by atoms with Crippen molar-refractivity contribution in [3.63, 3.8) is 0 Å². The summed E-state index contributed by atoms with van der Waals surface area (Å²) in [7, 11) is 0. The first-order chi connectivity index (χ1) is 8.41. The predicted octanol–water partition coefficient (Wildman–Crippen LogP) is -2.41. The van der Waals surface area contributed by atoms with E-state index in [0.717, 1.165) is 10.0 Å².